The number of sulfonamides is 1. The molecule has 1 N–H and O–H groups in total. The molecule has 0 bridgehead atoms. The molecular formula is C16H22F3N5O5S. The lowest BCUT2D eigenvalue weighted by molar-refractivity contribution is -0.192. The Bertz CT molecular complexity index is 957. The number of aliphatic carboxylic acids is 1. The molecule has 10 nitrogen and oxygen atoms in total. The van der Waals surface area contributed by atoms with E-state index in [9.17, 15) is 21.6 Å². The van der Waals surface area contributed by atoms with Gasteiger partial charge in [-0.25, -0.2) is 23.2 Å². The van der Waals surface area contributed by atoms with Crippen LogP contribution in [0.2, 0.25) is 0 Å². The normalized spacial score (nSPS) is 17.6. The van der Waals surface area contributed by atoms with E-state index < -0.39 is 22.2 Å². The molecule has 3 rings (SSSR count). The van der Waals surface area contributed by atoms with E-state index in [2.05, 4.69) is 9.97 Å². The van der Waals surface area contributed by atoms with Crippen LogP contribution in [0, 0.1) is 5.92 Å². The zero-order valence-corrected chi connectivity index (χ0v) is 17.1. The summed E-state index contributed by atoms with van der Waals surface area (Å²) < 4.78 is 68.1. The first kappa shape index (κ1) is 23.8. The Morgan fingerprint density at radius 2 is 2.00 bits per heavy atom. The standard InChI is InChI=1S/C14H21N5O3S.C2HF3O2/c1-3-22-10-12-6-18-5-4-15-13(18)8-19(7-12)23(20,21)14-9-17(2)11-16-14;3-2(4,5)1(6)7/h4-5,9,11-12H,3,6-8,10H2,1-2H3;(H,6,7). The zero-order chi connectivity index (χ0) is 22.5. The lowest BCUT2D eigenvalue weighted by Crippen LogP contribution is -2.35. The fourth-order valence-corrected chi connectivity index (χ4v) is 4.17. The van der Waals surface area contributed by atoms with E-state index >= 15 is 0 Å². The quantitative estimate of drug-likeness (QED) is 0.720. The Kier molecular flexibility index (Phi) is 7.60. The summed E-state index contributed by atoms with van der Waals surface area (Å²) in [5.74, 6) is -1.94. The molecule has 0 saturated carbocycles. The predicted molar refractivity (Wildman–Crippen MR) is 96.7 cm³/mol. The molecule has 1 atom stereocenters. The van der Waals surface area contributed by atoms with Crippen molar-refractivity contribution in [2.75, 3.05) is 19.8 Å². The van der Waals surface area contributed by atoms with Gasteiger partial charge in [-0.3, -0.25) is 0 Å². The van der Waals surface area contributed by atoms with E-state index in [-0.39, 0.29) is 17.5 Å². The van der Waals surface area contributed by atoms with E-state index in [1.807, 2.05) is 17.7 Å². The maximum atomic E-state index is 12.9. The summed E-state index contributed by atoms with van der Waals surface area (Å²) in [5, 5.41) is 7.19. The van der Waals surface area contributed by atoms with Gasteiger partial charge in [0.25, 0.3) is 10.0 Å². The molecule has 14 heteroatoms. The Morgan fingerprint density at radius 3 is 2.53 bits per heavy atom. The topological polar surface area (TPSA) is 120 Å². The molecular weight excluding hydrogens is 431 g/mol. The summed E-state index contributed by atoms with van der Waals surface area (Å²) in [6.45, 7) is 4.39. The van der Waals surface area contributed by atoms with Crippen molar-refractivity contribution in [3.05, 3.63) is 30.7 Å². The number of hydrogen-bond acceptors (Lipinski definition) is 6. The van der Waals surface area contributed by atoms with Gasteiger partial charge >= 0.3 is 12.1 Å². The smallest absolute Gasteiger partial charge is 0.475 e. The molecule has 30 heavy (non-hydrogen) atoms. The number of carboxylic acid groups (broad SMARTS) is 1. The fourth-order valence-electron chi connectivity index (χ4n) is 2.73. The van der Waals surface area contributed by atoms with Gasteiger partial charge in [0.05, 0.1) is 19.5 Å². The molecule has 0 saturated heterocycles. The van der Waals surface area contributed by atoms with E-state index in [4.69, 9.17) is 14.6 Å². The van der Waals surface area contributed by atoms with Crippen LogP contribution in [-0.4, -0.2) is 68.8 Å². The molecule has 2 aromatic rings. The van der Waals surface area contributed by atoms with Crippen molar-refractivity contribution in [1.82, 2.24) is 23.4 Å². The Labute approximate surface area is 171 Å². The van der Waals surface area contributed by atoms with Crippen LogP contribution in [0.25, 0.3) is 0 Å². The average Bonchev–Trinajstić information content (AvgIpc) is 3.24. The van der Waals surface area contributed by atoms with Crippen LogP contribution in [0.1, 0.15) is 12.7 Å². The number of hydrogen-bond donors (Lipinski definition) is 1. The molecule has 0 amide bonds. The highest BCUT2D eigenvalue weighted by Crippen LogP contribution is 2.22. The molecule has 2 aromatic heterocycles. The number of nitrogens with zero attached hydrogens (tertiary/aromatic N) is 5. The lowest BCUT2D eigenvalue weighted by Gasteiger charge is -2.22. The number of aromatic nitrogens is 4. The van der Waals surface area contributed by atoms with Crippen molar-refractivity contribution in [3.63, 3.8) is 0 Å². The third-order valence-electron chi connectivity index (χ3n) is 4.12. The van der Waals surface area contributed by atoms with Crippen molar-refractivity contribution in [1.29, 1.82) is 0 Å². The van der Waals surface area contributed by atoms with Gasteiger partial charge in [-0.15, -0.1) is 0 Å². The Hall–Kier alpha value is -2.45. The van der Waals surface area contributed by atoms with Gasteiger partial charge in [-0.1, -0.05) is 0 Å². The molecule has 0 aromatic carbocycles. The maximum absolute atomic E-state index is 12.9. The second-order valence-corrected chi connectivity index (χ2v) is 8.38. The number of fused-ring (bicyclic) bond motifs is 1. The van der Waals surface area contributed by atoms with Gasteiger partial charge in [-0.05, 0) is 6.92 Å². The van der Waals surface area contributed by atoms with Crippen LogP contribution in [-0.2, 0) is 39.7 Å². The first-order valence-corrected chi connectivity index (χ1v) is 10.2. The number of ether oxygens (including phenoxy) is 1. The summed E-state index contributed by atoms with van der Waals surface area (Å²) in [4.78, 5) is 17.2. The highest BCUT2D eigenvalue weighted by atomic mass is 32.2. The summed E-state index contributed by atoms with van der Waals surface area (Å²) >= 11 is 0. The van der Waals surface area contributed by atoms with Crippen molar-refractivity contribution < 1.29 is 36.2 Å². The third kappa shape index (κ3) is 6.03. The first-order valence-electron chi connectivity index (χ1n) is 8.81. The summed E-state index contributed by atoms with van der Waals surface area (Å²) in [6, 6.07) is 0. The van der Waals surface area contributed by atoms with Crippen LogP contribution in [0.3, 0.4) is 0 Å². The van der Waals surface area contributed by atoms with Gasteiger partial charge in [0, 0.05) is 51.3 Å². The minimum Gasteiger partial charge on any atom is -0.475 e. The summed E-state index contributed by atoms with van der Waals surface area (Å²) in [6.07, 6.45) is 1.50. The molecule has 0 aliphatic carbocycles. The third-order valence-corrected chi connectivity index (χ3v) is 5.82. The van der Waals surface area contributed by atoms with Gasteiger partial charge in [-0.2, -0.15) is 17.5 Å². The Morgan fingerprint density at radius 1 is 1.33 bits per heavy atom. The average molecular weight is 453 g/mol. The molecule has 3 heterocycles. The van der Waals surface area contributed by atoms with E-state index in [1.54, 1.807) is 17.8 Å². The van der Waals surface area contributed by atoms with E-state index in [0.29, 0.717) is 26.3 Å². The van der Waals surface area contributed by atoms with Gasteiger partial charge in [0.1, 0.15) is 5.82 Å². The van der Waals surface area contributed by atoms with Crippen LogP contribution < -0.4 is 0 Å². The SMILES string of the molecule is CCOCC1CN(S(=O)(=O)c2cn(C)cn2)Cc2nccn2C1.O=C(O)C(F)(F)F. The van der Waals surface area contributed by atoms with E-state index in [1.165, 1.54) is 16.8 Å². The second kappa shape index (κ2) is 9.57. The minimum atomic E-state index is -5.08. The molecule has 168 valence electrons. The van der Waals surface area contributed by atoms with Crippen LogP contribution in [0.4, 0.5) is 13.2 Å². The number of rotatable bonds is 5. The van der Waals surface area contributed by atoms with Crippen LogP contribution >= 0.6 is 0 Å². The molecule has 1 aliphatic rings. The number of carboxylic acids is 1. The number of carbonyl (C=O) groups is 1. The van der Waals surface area contributed by atoms with Gasteiger partial charge < -0.3 is 19.0 Å². The van der Waals surface area contributed by atoms with Crippen LogP contribution in [0.5, 0.6) is 0 Å². The zero-order valence-electron chi connectivity index (χ0n) is 16.3. The van der Waals surface area contributed by atoms with Crippen molar-refractivity contribution >= 4 is 16.0 Å². The molecule has 0 radical (unpaired) electrons. The molecule has 0 fully saturated rings. The number of imidazole rings is 2. The number of alkyl halides is 3. The van der Waals surface area contributed by atoms with Crippen LogP contribution in [0.15, 0.2) is 29.9 Å². The largest absolute Gasteiger partial charge is 0.490 e. The van der Waals surface area contributed by atoms with Crippen molar-refractivity contribution in [2.45, 2.75) is 31.2 Å². The Balaban J connectivity index is 0.000000396. The summed E-state index contributed by atoms with van der Waals surface area (Å²) in [5.41, 5.74) is 0. The van der Waals surface area contributed by atoms with Gasteiger partial charge in [0.2, 0.25) is 0 Å². The molecule has 1 aliphatic heterocycles. The van der Waals surface area contributed by atoms with Crippen molar-refractivity contribution in [3.8, 4) is 0 Å². The first-order chi connectivity index (χ1) is 13.9. The van der Waals surface area contributed by atoms with E-state index in [0.717, 1.165) is 5.82 Å². The maximum Gasteiger partial charge on any atom is 0.490 e. The molecule has 1 unspecified atom stereocenters. The highest BCUT2D eigenvalue weighted by Gasteiger charge is 2.38. The second-order valence-electron chi connectivity index (χ2n) is 6.50. The number of aryl methyl sites for hydroxylation is 1. The predicted octanol–water partition coefficient (Wildman–Crippen LogP) is 1.11. The number of halogens is 3. The van der Waals surface area contributed by atoms with Crippen molar-refractivity contribution in [2.24, 2.45) is 13.0 Å². The highest BCUT2D eigenvalue weighted by molar-refractivity contribution is 7.89. The minimum absolute atomic E-state index is 0.0650. The molecule has 0 spiro atoms. The summed E-state index contributed by atoms with van der Waals surface area (Å²) in [7, 11) is -1.90. The van der Waals surface area contributed by atoms with Gasteiger partial charge in [0.15, 0.2) is 5.03 Å². The fraction of sp³-hybridized carbons (Fsp3) is 0.562. The lowest BCUT2D eigenvalue weighted by atomic mass is 10.1. The monoisotopic (exact) mass is 453 g/mol.